The van der Waals surface area contributed by atoms with Gasteiger partial charge in [0.25, 0.3) is 5.91 Å². The molecule has 0 aliphatic rings. The van der Waals surface area contributed by atoms with E-state index in [2.05, 4.69) is 15.5 Å². The molecule has 0 saturated carbocycles. The van der Waals surface area contributed by atoms with Crippen LogP contribution in [0.4, 0.5) is 0 Å². The normalized spacial score (nSPS) is 11.1. The number of carboxylic acid groups (broad SMARTS) is 1. The molecule has 2 rings (SSSR count). The summed E-state index contributed by atoms with van der Waals surface area (Å²) in [5, 5.41) is 12.9. The molecule has 6 heteroatoms. The quantitative estimate of drug-likeness (QED) is 0.633. The Hall–Kier alpha value is -3.02. The molecular weight excluding hydrogens is 294 g/mol. The standard InChI is InChI=1S/C17H17N3O3/c1-12-7-8-14(11-18-12)17(23)20-19-15(9-10-16(21)22)13-5-3-2-4-6-13/h2-8,11H,9-10H2,1H3,(H,20,23)(H,21,22). The van der Waals surface area contributed by atoms with Gasteiger partial charge in [-0.05, 0) is 24.6 Å². The van der Waals surface area contributed by atoms with Gasteiger partial charge in [0, 0.05) is 18.3 Å². The fourth-order valence-corrected chi connectivity index (χ4v) is 1.91. The van der Waals surface area contributed by atoms with E-state index in [4.69, 9.17) is 5.11 Å². The second kappa shape index (κ2) is 7.84. The Labute approximate surface area is 133 Å². The van der Waals surface area contributed by atoms with Crippen LogP contribution in [0, 0.1) is 6.92 Å². The molecule has 0 aliphatic carbocycles. The summed E-state index contributed by atoms with van der Waals surface area (Å²) in [6, 6.07) is 12.6. The highest BCUT2D eigenvalue weighted by Gasteiger charge is 2.09. The van der Waals surface area contributed by atoms with Gasteiger partial charge >= 0.3 is 5.97 Å². The molecule has 6 nitrogen and oxygen atoms in total. The summed E-state index contributed by atoms with van der Waals surface area (Å²) in [5.41, 5.74) is 4.96. The number of hydrazone groups is 1. The number of hydrogen-bond donors (Lipinski definition) is 2. The molecule has 0 bridgehead atoms. The third-order valence-electron chi connectivity index (χ3n) is 3.15. The average molecular weight is 311 g/mol. The molecule has 0 saturated heterocycles. The number of amides is 1. The van der Waals surface area contributed by atoms with Gasteiger partial charge in [0.1, 0.15) is 0 Å². The van der Waals surface area contributed by atoms with Crippen LogP contribution in [-0.2, 0) is 4.79 Å². The molecule has 23 heavy (non-hydrogen) atoms. The molecule has 0 aliphatic heterocycles. The lowest BCUT2D eigenvalue weighted by molar-refractivity contribution is -0.136. The van der Waals surface area contributed by atoms with Crippen molar-refractivity contribution in [2.45, 2.75) is 19.8 Å². The van der Waals surface area contributed by atoms with E-state index in [1.165, 1.54) is 6.20 Å². The number of nitrogens with one attached hydrogen (secondary N) is 1. The number of carbonyl (C=O) groups is 2. The van der Waals surface area contributed by atoms with Crippen LogP contribution >= 0.6 is 0 Å². The lowest BCUT2D eigenvalue weighted by Gasteiger charge is -2.06. The van der Waals surface area contributed by atoms with E-state index in [0.29, 0.717) is 11.3 Å². The summed E-state index contributed by atoms with van der Waals surface area (Å²) >= 11 is 0. The molecule has 1 aromatic heterocycles. The third kappa shape index (κ3) is 5.03. The average Bonchev–Trinajstić information content (AvgIpc) is 2.56. The van der Waals surface area contributed by atoms with Crippen molar-refractivity contribution in [1.82, 2.24) is 10.4 Å². The molecule has 2 N–H and O–H groups in total. The Bertz CT molecular complexity index is 710. The van der Waals surface area contributed by atoms with E-state index in [0.717, 1.165) is 11.3 Å². The number of hydrogen-bond acceptors (Lipinski definition) is 4. The molecule has 118 valence electrons. The number of benzene rings is 1. The first-order chi connectivity index (χ1) is 11.1. The Morgan fingerprint density at radius 3 is 2.43 bits per heavy atom. The minimum absolute atomic E-state index is 0.0598. The van der Waals surface area contributed by atoms with E-state index in [9.17, 15) is 9.59 Å². The van der Waals surface area contributed by atoms with Gasteiger partial charge in [-0.3, -0.25) is 14.6 Å². The summed E-state index contributed by atoms with van der Waals surface area (Å²) < 4.78 is 0. The van der Waals surface area contributed by atoms with Crippen LogP contribution in [0.25, 0.3) is 0 Å². The van der Waals surface area contributed by atoms with E-state index in [-0.39, 0.29) is 18.7 Å². The van der Waals surface area contributed by atoms with Crippen LogP contribution in [0.2, 0.25) is 0 Å². The van der Waals surface area contributed by atoms with Gasteiger partial charge in [0.15, 0.2) is 0 Å². The van der Waals surface area contributed by atoms with E-state index in [1.807, 2.05) is 37.3 Å². The molecule has 1 heterocycles. The number of rotatable bonds is 6. The van der Waals surface area contributed by atoms with Crippen LogP contribution < -0.4 is 5.43 Å². The first-order valence-corrected chi connectivity index (χ1v) is 7.13. The topological polar surface area (TPSA) is 91.7 Å². The second-order valence-corrected chi connectivity index (χ2v) is 4.95. The van der Waals surface area contributed by atoms with Gasteiger partial charge in [-0.15, -0.1) is 0 Å². The third-order valence-corrected chi connectivity index (χ3v) is 3.15. The predicted molar refractivity (Wildman–Crippen MR) is 86.3 cm³/mol. The van der Waals surface area contributed by atoms with Crippen LogP contribution in [0.5, 0.6) is 0 Å². The van der Waals surface area contributed by atoms with Crippen molar-refractivity contribution in [1.29, 1.82) is 0 Å². The maximum atomic E-state index is 12.1. The number of aryl methyl sites for hydroxylation is 1. The minimum Gasteiger partial charge on any atom is -0.481 e. The minimum atomic E-state index is -0.914. The SMILES string of the molecule is Cc1ccc(C(=O)NN=C(CCC(=O)O)c2ccccc2)cn1. The maximum absolute atomic E-state index is 12.1. The van der Waals surface area contributed by atoms with Gasteiger partial charge in [0.2, 0.25) is 0 Å². The molecule has 2 aromatic rings. The zero-order valence-electron chi connectivity index (χ0n) is 12.7. The monoisotopic (exact) mass is 311 g/mol. The fraction of sp³-hybridized carbons (Fsp3) is 0.176. The largest absolute Gasteiger partial charge is 0.481 e. The Morgan fingerprint density at radius 2 is 1.83 bits per heavy atom. The van der Waals surface area contributed by atoms with Crippen LogP contribution in [0.3, 0.4) is 0 Å². The van der Waals surface area contributed by atoms with Crippen molar-refractivity contribution >= 4 is 17.6 Å². The molecule has 0 radical (unpaired) electrons. The number of nitrogens with zero attached hydrogens (tertiary/aromatic N) is 2. The molecule has 0 unspecified atom stereocenters. The predicted octanol–water partition coefficient (Wildman–Crippen LogP) is 2.39. The molecule has 0 atom stereocenters. The summed E-state index contributed by atoms with van der Waals surface area (Å²) in [4.78, 5) is 26.9. The fourth-order valence-electron chi connectivity index (χ4n) is 1.91. The van der Waals surface area contributed by atoms with Crippen molar-refractivity contribution in [2.24, 2.45) is 5.10 Å². The summed E-state index contributed by atoms with van der Waals surface area (Å²) in [6.45, 7) is 1.83. The van der Waals surface area contributed by atoms with Crippen LogP contribution in [0.15, 0.2) is 53.8 Å². The first-order valence-electron chi connectivity index (χ1n) is 7.13. The van der Waals surface area contributed by atoms with Crippen molar-refractivity contribution in [3.05, 3.63) is 65.5 Å². The smallest absolute Gasteiger partial charge is 0.303 e. The molecular formula is C17H17N3O3. The van der Waals surface area contributed by atoms with Crippen molar-refractivity contribution in [3.63, 3.8) is 0 Å². The molecule has 0 fully saturated rings. The highest BCUT2D eigenvalue weighted by Crippen LogP contribution is 2.07. The van der Waals surface area contributed by atoms with Crippen molar-refractivity contribution in [3.8, 4) is 0 Å². The molecule has 1 amide bonds. The van der Waals surface area contributed by atoms with Gasteiger partial charge in [0.05, 0.1) is 17.7 Å². The lowest BCUT2D eigenvalue weighted by Crippen LogP contribution is -2.20. The highest BCUT2D eigenvalue weighted by molar-refractivity contribution is 6.03. The molecule has 0 spiro atoms. The zero-order valence-corrected chi connectivity index (χ0v) is 12.7. The number of carboxylic acids is 1. The van der Waals surface area contributed by atoms with Gasteiger partial charge in [-0.1, -0.05) is 30.3 Å². The number of aromatic nitrogens is 1. The number of carbonyl (C=O) groups excluding carboxylic acids is 1. The van der Waals surface area contributed by atoms with Crippen molar-refractivity contribution in [2.75, 3.05) is 0 Å². The van der Waals surface area contributed by atoms with E-state index < -0.39 is 5.97 Å². The second-order valence-electron chi connectivity index (χ2n) is 4.95. The summed E-state index contributed by atoms with van der Waals surface area (Å²) in [7, 11) is 0. The summed E-state index contributed by atoms with van der Waals surface area (Å²) in [5.74, 6) is -1.30. The number of pyridine rings is 1. The highest BCUT2D eigenvalue weighted by atomic mass is 16.4. The van der Waals surface area contributed by atoms with E-state index >= 15 is 0 Å². The maximum Gasteiger partial charge on any atom is 0.303 e. The van der Waals surface area contributed by atoms with E-state index in [1.54, 1.807) is 12.1 Å². The lowest BCUT2D eigenvalue weighted by atomic mass is 10.1. The Kier molecular flexibility index (Phi) is 5.57. The molecule has 1 aromatic carbocycles. The number of aliphatic carboxylic acids is 1. The zero-order chi connectivity index (χ0) is 16.7. The van der Waals surface area contributed by atoms with Gasteiger partial charge < -0.3 is 5.11 Å². The van der Waals surface area contributed by atoms with Crippen LogP contribution in [-0.4, -0.2) is 27.7 Å². The Balaban J connectivity index is 2.14. The van der Waals surface area contributed by atoms with Crippen LogP contribution in [0.1, 0.15) is 34.5 Å². The van der Waals surface area contributed by atoms with Crippen molar-refractivity contribution < 1.29 is 14.7 Å². The van der Waals surface area contributed by atoms with Gasteiger partial charge in [-0.2, -0.15) is 5.10 Å². The Morgan fingerprint density at radius 1 is 1.09 bits per heavy atom. The first kappa shape index (κ1) is 16.4. The summed E-state index contributed by atoms with van der Waals surface area (Å²) in [6.07, 6.45) is 1.64. The van der Waals surface area contributed by atoms with Gasteiger partial charge in [-0.25, -0.2) is 5.43 Å².